The van der Waals surface area contributed by atoms with Gasteiger partial charge in [0, 0.05) is 5.56 Å². The van der Waals surface area contributed by atoms with Crippen molar-refractivity contribution in [2.24, 2.45) is 5.92 Å². The molecule has 3 aliphatic rings. The van der Waals surface area contributed by atoms with Gasteiger partial charge in [0.05, 0.1) is 45.8 Å². The number of phenols is 1. The summed E-state index contributed by atoms with van der Waals surface area (Å²) < 4.78 is 1.46. The van der Waals surface area contributed by atoms with Gasteiger partial charge in [0.1, 0.15) is 11.6 Å². The van der Waals surface area contributed by atoms with Crippen molar-refractivity contribution in [3.63, 3.8) is 0 Å². The second kappa shape index (κ2) is 8.98. The highest BCUT2D eigenvalue weighted by Crippen LogP contribution is 2.54. The number of carbonyl (C=O) groups excluding carboxylic acids is 2. The first kappa shape index (κ1) is 25.4. The molecule has 2 amide bonds. The molecule has 1 aromatic heterocycles. The van der Waals surface area contributed by atoms with E-state index < -0.39 is 29.8 Å². The lowest BCUT2D eigenvalue weighted by atomic mass is 9.88. The largest absolute Gasteiger partial charge is 0.508 e. The Morgan fingerprint density at radius 3 is 2.49 bits per heavy atom. The normalized spacial score (nSPS) is 24.6. The van der Waals surface area contributed by atoms with Crippen LogP contribution in [0.25, 0.3) is 16.6 Å². The maximum Gasteiger partial charge on any atom is 0.266 e. The highest BCUT2D eigenvalue weighted by Gasteiger charge is 2.61. The second-order valence-electron chi connectivity index (χ2n) is 11.4. The highest BCUT2D eigenvalue weighted by molar-refractivity contribution is 6.04. The van der Waals surface area contributed by atoms with Gasteiger partial charge in [0.15, 0.2) is 0 Å². The molecule has 1 saturated heterocycles. The lowest BCUT2D eigenvalue weighted by Gasteiger charge is -2.33. The van der Waals surface area contributed by atoms with Crippen LogP contribution in [0.4, 0.5) is 5.69 Å². The topological polar surface area (TPSA) is 137 Å². The van der Waals surface area contributed by atoms with Crippen molar-refractivity contribution in [2.45, 2.75) is 50.5 Å². The summed E-state index contributed by atoms with van der Waals surface area (Å²) in [6.45, 7) is 4.01. The van der Waals surface area contributed by atoms with E-state index in [4.69, 9.17) is 4.98 Å². The number of para-hydroxylation sites is 2. The molecule has 3 aromatic carbocycles. The van der Waals surface area contributed by atoms with Gasteiger partial charge in [-0.15, -0.1) is 0 Å². The van der Waals surface area contributed by atoms with Crippen LogP contribution in [-0.2, 0) is 4.79 Å². The number of hydrogen-bond donors (Lipinski definition) is 4. The number of nitrogens with one attached hydrogen (secondary N) is 2. The van der Waals surface area contributed by atoms with Crippen LogP contribution < -0.4 is 21.1 Å². The van der Waals surface area contributed by atoms with Crippen LogP contribution in [0.2, 0.25) is 0 Å². The van der Waals surface area contributed by atoms with Crippen molar-refractivity contribution in [2.75, 3.05) is 4.90 Å². The summed E-state index contributed by atoms with van der Waals surface area (Å²) >= 11 is 0. The van der Waals surface area contributed by atoms with Crippen LogP contribution >= 0.6 is 0 Å². The van der Waals surface area contributed by atoms with Crippen molar-refractivity contribution < 1.29 is 19.8 Å². The van der Waals surface area contributed by atoms with Crippen molar-refractivity contribution in [1.29, 1.82) is 0 Å². The van der Waals surface area contributed by atoms with Crippen LogP contribution in [0.15, 0.2) is 71.5 Å². The zero-order valence-electron chi connectivity index (χ0n) is 22.5. The van der Waals surface area contributed by atoms with Gasteiger partial charge in [-0.25, -0.2) is 4.98 Å². The third-order valence-electron chi connectivity index (χ3n) is 8.37. The first-order valence-electron chi connectivity index (χ1n) is 13.8. The number of aliphatic hydroxyl groups is 1. The third-order valence-corrected chi connectivity index (χ3v) is 8.37. The van der Waals surface area contributed by atoms with Crippen LogP contribution in [0.5, 0.6) is 5.75 Å². The van der Waals surface area contributed by atoms with E-state index in [0.29, 0.717) is 45.6 Å². The Balaban J connectivity index is 1.41. The average molecular weight is 552 g/mol. The van der Waals surface area contributed by atoms with Crippen LogP contribution in [-0.4, -0.2) is 43.5 Å². The van der Waals surface area contributed by atoms with Crippen molar-refractivity contribution in [1.82, 2.24) is 20.2 Å². The second-order valence-corrected chi connectivity index (χ2v) is 11.4. The molecule has 3 aliphatic heterocycles. The Labute approximate surface area is 235 Å². The molecule has 1 fully saturated rings. The van der Waals surface area contributed by atoms with E-state index >= 15 is 0 Å². The minimum absolute atomic E-state index is 0.0385. The van der Waals surface area contributed by atoms with E-state index in [2.05, 4.69) is 10.6 Å². The van der Waals surface area contributed by atoms with E-state index in [1.807, 2.05) is 13.8 Å². The zero-order chi connectivity index (χ0) is 28.6. The monoisotopic (exact) mass is 551 g/mol. The minimum Gasteiger partial charge on any atom is -0.508 e. The van der Waals surface area contributed by atoms with Gasteiger partial charge in [0.25, 0.3) is 11.5 Å². The van der Waals surface area contributed by atoms with Crippen molar-refractivity contribution in [3.05, 3.63) is 94.0 Å². The fourth-order valence-electron chi connectivity index (χ4n) is 6.65. The molecule has 4 heterocycles. The summed E-state index contributed by atoms with van der Waals surface area (Å²) in [5.74, 6) is -2.97. The van der Waals surface area contributed by atoms with E-state index in [1.165, 1.54) is 15.5 Å². The summed E-state index contributed by atoms with van der Waals surface area (Å²) in [5, 5.41) is 29.8. The number of amides is 2. The molecule has 0 radical (unpaired) electrons. The number of hydrogen-bond acceptors (Lipinski definition) is 7. The molecule has 0 aliphatic carbocycles. The molecule has 41 heavy (non-hydrogen) atoms. The lowest BCUT2D eigenvalue weighted by molar-refractivity contribution is -0.119. The molecule has 0 spiro atoms. The molecular formula is C31H29N5O5. The molecule has 4 aromatic rings. The minimum atomic E-state index is -1.86. The highest BCUT2D eigenvalue weighted by atomic mass is 16.3. The molecule has 4 atom stereocenters. The van der Waals surface area contributed by atoms with Crippen LogP contribution in [0, 0.1) is 5.92 Å². The van der Waals surface area contributed by atoms with Crippen LogP contribution in [0.3, 0.4) is 0 Å². The van der Waals surface area contributed by atoms with Crippen molar-refractivity contribution >= 4 is 28.4 Å². The Kier molecular flexibility index (Phi) is 5.57. The van der Waals surface area contributed by atoms with Gasteiger partial charge >= 0.3 is 0 Å². The SMILES string of the molecule is CC(C)CC1NC2(O)[C@H](C[C@@H]3NC(=O)c4ccccc4-n4c3nc3ccccc3c4=O)c3c(O)cccc3N2C1=O. The predicted octanol–water partition coefficient (Wildman–Crippen LogP) is 3.06. The van der Waals surface area contributed by atoms with E-state index in [0.717, 1.165) is 0 Å². The number of anilines is 1. The number of benzene rings is 3. The van der Waals surface area contributed by atoms with Gasteiger partial charge in [-0.1, -0.05) is 44.2 Å². The molecule has 7 rings (SSSR count). The van der Waals surface area contributed by atoms with E-state index in [1.54, 1.807) is 60.7 Å². The number of nitrogens with zero attached hydrogens (tertiary/aromatic N) is 3. The Hall–Kier alpha value is -4.54. The molecule has 0 bridgehead atoms. The molecule has 2 unspecified atom stereocenters. The van der Waals surface area contributed by atoms with Gasteiger partial charge < -0.3 is 15.5 Å². The Bertz CT molecular complexity index is 1820. The average Bonchev–Trinajstić information content (AvgIpc) is 3.29. The number of carbonyl (C=O) groups is 2. The fourth-order valence-corrected chi connectivity index (χ4v) is 6.65. The summed E-state index contributed by atoms with van der Waals surface area (Å²) in [5.41, 5.74) is 1.69. The number of fused-ring (bicyclic) bond motifs is 7. The standard InChI is InChI=1S/C31H29N5O5/c1-16(2)14-22-30(40)36-24-12-7-13-25(37)26(24)19(31(36,41)34-22)15-21-27-32-20-10-5-3-8-17(20)29(39)35(27)23-11-6-4-9-18(23)28(38)33-21/h3-13,16,19,21-22,34,37,41H,14-15H2,1-2H3,(H,33,38)/t19-,21+,22?,31?/m1/s1. The Morgan fingerprint density at radius 2 is 1.68 bits per heavy atom. The number of phenolic OH excluding ortho intramolecular Hbond substituents is 1. The summed E-state index contributed by atoms with van der Waals surface area (Å²) in [6, 6.07) is 17.2. The first-order chi connectivity index (χ1) is 19.7. The summed E-state index contributed by atoms with van der Waals surface area (Å²) in [7, 11) is 0. The predicted molar refractivity (Wildman–Crippen MR) is 152 cm³/mol. The number of aromatic nitrogens is 2. The molecule has 10 heteroatoms. The maximum atomic E-state index is 13.9. The van der Waals surface area contributed by atoms with Gasteiger partial charge in [0.2, 0.25) is 11.8 Å². The van der Waals surface area contributed by atoms with Gasteiger partial charge in [-0.05, 0) is 55.2 Å². The Morgan fingerprint density at radius 1 is 0.951 bits per heavy atom. The number of aromatic hydroxyl groups is 1. The maximum absolute atomic E-state index is 13.9. The smallest absolute Gasteiger partial charge is 0.266 e. The fraction of sp³-hybridized carbons (Fsp3) is 0.290. The number of rotatable bonds is 4. The van der Waals surface area contributed by atoms with E-state index in [9.17, 15) is 24.6 Å². The molecule has 0 saturated carbocycles. The van der Waals surface area contributed by atoms with Gasteiger partial charge in [-0.3, -0.25) is 29.2 Å². The van der Waals surface area contributed by atoms with E-state index in [-0.39, 0.29) is 29.6 Å². The summed E-state index contributed by atoms with van der Waals surface area (Å²) in [4.78, 5) is 47.2. The zero-order valence-corrected chi connectivity index (χ0v) is 22.5. The lowest BCUT2D eigenvalue weighted by Crippen LogP contribution is -2.54. The van der Waals surface area contributed by atoms with Gasteiger partial charge in [-0.2, -0.15) is 0 Å². The third kappa shape index (κ3) is 3.64. The van der Waals surface area contributed by atoms with Crippen molar-refractivity contribution in [3.8, 4) is 11.4 Å². The molecular weight excluding hydrogens is 522 g/mol. The molecule has 208 valence electrons. The van der Waals surface area contributed by atoms with Crippen LogP contribution in [0.1, 0.15) is 60.4 Å². The first-order valence-corrected chi connectivity index (χ1v) is 13.8. The molecule has 10 nitrogen and oxygen atoms in total. The quantitative estimate of drug-likeness (QED) is 0.306. The molecule has 4 N–H and O–H groups in total. The summed E-state index contributed by atoms with van der Waals surface area (Å²) in [6.07, 6.45) is 0.552.